The first-order chi connectivity index (χ1) is 13.6. The molecule has 3 aromatic rings. The van der Waals surface area contributed by atoms with Gasteiger partial charge in [-0.15, -0.1) is 10.2 Å². The number of amides is 1. The van der Waals surface area contributed by atoms with Gasteiger partial charge in [0.25, 0.3) is 5.91 Å². The monoisotopic (exact) mass is 374 g/mol. The number of nitrogens with one attached hydrogen (secondary N) is 1. The van der Waals surface area contributed by atoms with Crippen LogP contribution in [-0.2, 0) is 7.05 Å². The first kappa shape index (κ1) is 17.0. The highest BCUT2D eigenvalue weighted by Crippen LogP contribution is 2.54. The van der Waals surface area contributed by atoms with Crippen molar-refractivity contribution in [3.05, 3.63) is 65.3 Å². The number of carbonyl (C=O) groups is 1. The number of hydrogen-bond donors (Lipinski definition) is 1. The molecule has 2 aromatic heterocycles. The lowest BCUT2D eigenvalue weighted by atomic mass is 10.1. The molecule has 2 unspecified atom stereocenters. The molecule has 0 aliphatic heterocycles. The van der Waals surface area contributed by atoms with Crippen molar-refractivity contribution in [2.75, 3.05) is 5.32 Å². The lowest BCUT2D eigenvalue weighted by Gasteiger charge is -2.09. The molecule has 0 saturated heterocycles. The summed E-state index contributed by atoms with van der Waals surface area (Å²) >= 11 is 0. The molecule has 7 nitrogen and oxygen atoms in total. The van der Waals surface area contributed by atoms with E-state index in [-0.39, 0.29) is 5.91 Å². The summed E-state index contributed by atoms with van der Waals surface area (Å²) in [5.74, 6) is 2.85. The maximum atomic E-state index is 12.7. The Morgan fingerprint density at radius 3 is 2.79 bits per heavy atom. The second-order valence-electron chi connectivity index (χ2n) is 7.86. The molecule has 28 heavy (non-hydrogen) atoms. The number of aromatic nitrogens is 5. The lowest BCUT2D eigenvalue weighted by Crippen LogP contribution is -2.15. The van der Waals surface area contributed by atoms with Gasteiger partial charge in [-0.25, -0.2) is 9.97 Å². The van der Waals surface area contributed by atoms with E-state index < -0.39 is 0 Å². The van der Waals surface area contributed by atoms with Crippen LogP contribution in [-0.4, -0.2) is 30.6 Å². The molecule has 7 heteroatoms. The summed E-state index contributed by atoms with van der Waals surface area (Å²) in [6.45, 7) is 1.91. The Hall–Kier alpha value is -3.09. The quantitative estimate of drug-likeness (QED) is 0.740. The first-order valence-corrected chi connectivity index (χ1v) is 9.69. The van der Waals surface area contributed by atoms with Crippen LogP contribution in [0.4, 0.5) is 5.69 Å². The molecule has 5 rings (SSSR count). The standard InChI is InChI=1S/C21H22N6O/c1-12-8-18(25-19(23-12)13-6-7-13)21(28)24-15-5-3-4-14(9-15)16-10-17(16)20-26-22-11-27(20)2/h3-5,8-9,11,13,16-17H,6-7,10H2,1-2H3,(H,24,28). The number of rotatable bonds is 5. The van der Waals surface area contributed by atoms with Gasteiger partial charge >= 0.3 is 0 Å². The van der Waals surface area contributed by atoms with E-state index in [1.807, 2.05) is 30.7 Å². The molecule has 2 fully saturated rings. The summed E-state index contributed by atoms with van der Waals surface area (Å²) in [5.41, 5.74) is 3.27. The van der Waals surface area contributed by atoms with Gasteiger partial charge in [0.2, 0.25) is 0 Å². The van der Waals surface area contributed by atoms with Gasteiger partial charge in [-0.3, -0.25) is 4.79 Å². The molecule has 2 aliphatic rings. The normalized spacial score (nSPS) is 20.8. The van der Waals surface area contributed by atoms with Crippen molar-refractivity contribution in [2.24, 2.45) is 7.05 Å². The van der Waals surface area contributed by atoms with E-state index in [0.717, 1.165) is 42.3 Å². The van der Waals surface area contributed by atoms with Crippen LogP contribution in [0.5, 0.6) is 0 Å². The second kappa shape index (κ2) is 6.51. The molecular formula is C21H22N6O. The molecule has 2 saturated carbocycles. The molecule has 2 aliphatic carbocycles. The Kier molecular flexibility index (Phi) is 3.96. The van der Waals surface area contributed by atoms with Crippen molar-refractivity contribution in [2.45, 2.75) is 43.9 Å². The van der Waals surface area contributed by atoms with E-state index in [1.165, 1.54) is 5.56 Å². The van der Waals surface area contributed by atoms with Crippen LogP contribution in [0.3, 0.4) is 0 Å². The highest BCUT2D eigenvalue weighted by molar-refractivity contribution is 6.03. The van der Waals surface area contributed by atoms with Crippen LogP contribution < -0.4 is 5.32 Å². The van der Waals surface area contributed by atoms with Crippen LogP contribution in [0.15, 0.2) is 36.7 Å². The Labute approximate surface area is 163 Å². The molecule has 1 N–H and O–H groups in total. The Balaban J connectivity index is 1.32. The van der Waals surface area contributed by atoms with Crippen LogP contribution in [0.25, 0.3) is 0 Å². The molecule has 1 aromatic carbocycles. The fraction of sp³-hybridized carbons (Fsp3) is 0.381. The van der Waals surface area contributed by atoms with Gasteiger partial charge in [-0.1, -0.05) is 12.1 Å². The molecule has 0 radical (unpaired) electrons. The summed E-state index contributed by atoms with van der Waals surface area (Å²) in [4.78, 5) is 21.7. The zero-order chi connectivity index (χ0) is 19.3. The van der Waals surface area contributed by atoms with E-state index >= 15 is 0 Å². The van der Waals surface area contributed by atoms with E-state index in [2.05, 4.69) is 37.6 Å². The number of nitrogens with zero attached hydrogens (tertiary/aromatic N) is 5. The molecular weight excluding hydrogens is 352 g/mol. The smallest absolute Gasteiger partial charge is 0.274 e. The van der Waals surface area contributed by atoms with Gasteiger partial charge in [-0.05, 0) is 55.9 Å². The van der Waals surface area contributed by atoms with Gasteiger partial charge < -0.3 is 9.88 Å². The predicted molar refractivity (Wildman–Crippen MR) is 104 cm³/mol. The van der Waals surface area contributed by atoms with Crippen molar-refractivity contribution in [1.29, 1.82) is 0 Å². The predicted octanol–water partition coefficient (Wildman–Crippen LogP) is 3.31. The summed E-state index contributed by atoms with van der Waals surface area (Å²) in [5, 5.41) is 11.2. The average Bonchev–Trinajstić information content (AvgIpc) is 3.60. The van der Waals surface area contributed by atoms with Crippen molar-refractivity contribution in [3.8, 4) is 0 Å². The largest absolute Gasteiger partial charge is 0.321 e. The van der Waals surface area contributed by atoms with Crippen LogP contribution in [0.2, 0.25) is 0 Å². The second-order valence-corrected chi connectivity index (χ2v) is 7.86. The zero-order valence-corrected chi connectivity index (χ0v) is 16.0. The van der Waals surface area contributed by atoms with Gasteiger partial charge in [0.15, 0.2) is 0 Å². The van der Waals surface area contributed by atoms with Gasteiger partial charge in [-0.2, -0.15) is 0 Å². The summed E-state index contributed by atoms with van der Waals surface area (Å²) in [6.07, 6.45) is 5.02. The molecule has 142 valence electrons. The number of hydrogen-bond acceptors (Lipinski definition) is 5. The topological polar surface area (TPSA) is 85.6 Å². The third-order valence-electron chi connectivity index (χ3n) is 5.49. The molecule has 2 atom stereocenters. The highest BCUT2D eigenvalue weighted by atomic mass is 16.1. The minimum atomic E-state index is -0.190. The highest BCUT2D eigenvalue weighted by Gasteiger charge is 2.42. The van der Waals surface area contributed by atoms with Crippen molar-refractivity contribution < 1.29 is 4.79 Å². The van der Waals surface area contributed by atoms with Gasteiger partial charge in [0.1, 0.15) is 23.7 Å². The lowest BCUT2D eigenvalue weighted by molar-refractivity contribution is 0.102. The summed E-state index contributed by atoms with van der Waals surface area (Å²) < 4.78 is 1.98. The van der Waals surface area contributed by atoms with Gasteiger partial charge in [0, 0.05) is 30.3 Å². The fourth-order valence-electron chi connectivity index (χ4n) is 3.75. The van der Waals surface area contributed by atoms with Crippen LogP contribution in [0, 0.1) is 6.92 Å². The first-order valence-electron chi connectivity index (χ1n) is 9.69. The fourth-order valence-corrected chi connectivity index (χ4v) is 3.75. The van der Waals surface area contributed by atoms with E-state index in [9.17, 15) is 4.79 Å². The molecule has 0 bridgehead atoms. The third kappa shape index (κ3) is 3.28. The number of aryl methyl sites for hydroxylation is 2. The van der Waals surface area contributed by atoms with E-state index in [1.54, 1.807) is 12.4 Å². The maximum Gasteiger partial charge on any atom is 0.274 e. The third-order valence-corrected chi connectivity index (χ3v) is 5.49. The maximum absolute atomic E-state index is 12.7. The number of benzene rings is 1. The van der Waals surface area contributed by atoms with E-state index in [4.69, 9.17) is 0 Å². The SMILES string of the molecule is Cc1cc(C(=O)Nc2cccc(C3CC3c3nncn3C)c2)nc(C2CC2)n1. The van der Waals surface area contributed by atoms with Crippen molar-refractivity contribution >= 4 is 11.6 Å². The van der Waals surface area contributed by atoms with Crippen LogP contribution in [0.1, 0.15) is 70.4 Å². The summed E-state index contributed by atoms with van der Waals surface area (Å²) in [7, 11) is 1.97. The average molecular weight is 374 g/mol. The zero-order valence-electron chi connectivity index (χ0n) is 16.0. The van der Waals surface area contributed by atoms with E-state index in [0.29, 0.717) is 23.4 Å². The number of carbonyl (C=O) groups excluding carboxylic acids is 1. The Bertz CT molecular complexity index is 1050. The van der Waals surface area contributed by atoms with Crippen molar-refractivity contribution in [1.82, 2.24) is 24.7 Å². The van der Waals surface area contributed by atoms with Crippen LogP contribution >= 0.6 is 0 Å². The van der Waals surface area contributed by atoms with Crippen molar-refractivity contribution in [3.63, 3.8) is 0 Å². The molecule has 0 spiro atoms. The minimum Gasteiger partial charge on any atom is -0.321 e. The Morgan fingerprint density at radius 2 is 2.04 bits per heavy atom. The number of anilines is 1. The minimum absolute atomic E-state index is 0.190. The molecule has 1 amide bonds. The summed E-state index contributed by atoms with van der Waals surface area (Å²) in [6, 6.07) is 9.80. The Morgan fingerprint density at radius 1 is 1.18 bits per heavy atom. The molecule has 2 heterocycles. The van der Waals surface area contributed by atoms with Gasteiger partial charge in [0.05, 0.1) is 0 Å².